The molecule has 1 atom stereocenters. The largest absolute Gasteiger partial charge is 0.345 e. The Morgan fingerprint density at radius 3 is 2.46 bits per heavy atom. The lowest BCUT2D eigenvalue weighted by molar-refractivity contribution is 0.191. The van der Waals surface area contributed by atoms with Crippen molar-refractivity contribution in [3.8, 4) is 0 Å². The highest BCUT2D eigenvalue weighted by atomic mass is 32.1. The number of amides is 2. The molecule has 7 heteroatoms. The summed E-state index contributed by atoms with van der Waals surface area (Å²) in [6, 6.07) is 3.82. The van der Waals surface area contributed by atoms with Gasteiger partial charge in [-0.2, -0.15) is 0 Å². The lowest BCUT2D eigenvalue weighted by Gasteiger charge is -2.35. The number of thiazole rings is 1. The van der Waals surface area contributed by atoms with Crippen LogP contribution in [-0.2, 0) is 0 Å². The number of aryl methyl sites for hydroxylation is 2. The topological polar surface area (TPSA) is 61.4 Å². The van der Waals surface area contributed by atoms with E-state index in [4.69, 9.17) is 0 Å². The summed E-state index contributed by atoms with van der Waals surface area (Å²) in [6.07, 6.45) is 3.49. The maximum atomic E-state index is 12.5. The molecule has 2 aromatic rings. The van der Waals surface area contributed by atoms with Gasteiger partial charge >= 0.3 is 6.03 Å². The van der Waals surface area contributed by atoms with Crippen LogP contribution in [0.25, 0.3) is 0 Å². The van der Waals surface area contributed by atoms with Gasteiger partial charge in [0.05, 0.1) is 11.7 Å². The smallest absolute Gasteiger partial charge is 0.317 e. The molecular formula is C17H23N5OS. The van der Waals surface area contributed by atoms with Gasteiger partial charge in [-0.3, -0.25) is 4.98 Å². The fourth-order valence-electron chi connectivity index (χ4n) is 2.70. The van der Waals surface area contributed by atoms with Gasteiger partial charge < -0.3 is 15.1 Å². The summed E-state index contributed by atoms with van der Waals surface area (Å²) in [7, 11) is 0. The number of hydrogen-bond acceptors (Lipinski definition) is 5. The third kappa shape index (κ3) is 3.67. The van der Waals surface area contributed by atoms with Gasteiger partial charge in [-0.1, -0.05) is 0 Å². The zero-order valence-corrected chi connectivity index (χ0v) is 15.1. The molecule has 6 nitrogen and oxygen atoms in total. The Hall–Kier alpha value is -2.15. The molecule has 2 aromatic heterocycles. The van der Waals surface area contributed by atoms with Crippen LogP contribution >= 0.6 is 11.3 Å². The van der Waals surface area contributed by atoms with Gasteiger partial charge in [-0.15, -0.1) is 11.3 Å². The van der Waals surface area contributed by atoms with Crippen LogP contribution in [-0.4, -0.2) is 47.1 Å². The Labute approximate surface area is 146 Å². The van der Waals surface area contributed by atoms with Crippen molar-refractivity contribution in [3.63, 3.8) is 0 Å². The first-order valence-corrected chi connectivity index (χ1v) is 9.00. The summed E-state index contributed by atoms with van der Waals surface area (Å²) in [5.74, 6) is 0. The average Bonchev–Trinajstić information content (AvgIpc) is 2.95. The number of pyridine rings is 1. The highest BCUT2D eigenvalue weighted by molar-refractivity contribution is 7.15. The molecule has 0 bridgehead atoms. The standard InChI is InChI=1S/C17H23N5OS/c1-12-14(3)24-17(20-12)22-10-8-21(9-11-22)16(23)19-13(2)15-4-6-18-7-5-15/h4-7,13H,8-11H2,1-3H3,(H,19,23)/t13-/m1/s1. The van der Waals surface area contributed by atoms with Crippen LogP contribution in [0.3, 0.4) is 0 Å². The number of hydrogen-bond donors (Lipinski definition) is 1. The molecule has 0 radical (unpaired) electrons. The summed E-state index contributed by atoms with van der Waals surface area (Å²) in [5, 5.41) is 4.13. The van der Waals surface area contributed by atoms with Crippen molar-refractivity contribution in [2.75, 3.05) is 31.1 Å². The van der Waals surface area contributed by atoms with E-state index in [0.717, 1.165) is 29.5 Å². The first kappa shape index (κ1) is 16.7. The van der Waals surface area contributed by atoms with Crippen LogP contribution in [0.4, 0.5) is 9.93 Å². The number of piperazine rings is 1. The molecule has 1 aliphatic rings. The number of carbonyl (C=O) groups excluding carboxylic acids is 1. The minimum Gasteiger partial charge on any atom is -0.345 e. The van der Waals surface area contributed by atoms with Gasteiger partial charge in [0.25, 0.3) is 0 Å². The summed E-state index contributed by atoms with van der Waals surface area (Å²) in [5.41, 5.74) is 2.16. The number of carbonyl (C=O) groups is 1. The van der Waals surface area contributed by atoms with E-state index in [1.165, 1.54) is 4.88 Å². The van der Waals surface area contributed by atoms with Crippen molar-refractivity contribution in [1.29, 1.82) is 0 Å². The monoisotopic (exact) mass is 345 g/mol. The first-order valence-electron chi connectivity index (χ1n) is 8.19. The minimum absolute atomic E-state index is 0.00883. The molecule has 1 fully saturated rings. The highest BCUT2D eigenvalue weighted by Gasteiger charge is 2.24. The molecule has 1 saturated heterocycles. The zero-order valence-electron chi connectivity index (χ0n) is 14.3. The zero-order chi connectivity index (χ0) is 17.1. The van der Waals surface area contributed by atoms with E-state index >= 15 is 0 Å². The predicted octanol–water partition coefficient (Wildman–Crippen LogP) is 2.75. The molecule has 0 aromatic carbocycles. The maximum absolute atomic E-state index is 12.5. The van der Waals surface area contributed by atoms with Crippen LogP contribution in [0.15, 0.2) is 24.5 Å². The first-order chi connectivity index (χ1) is 11.5. The molecule has 3 rings (SSSR count). The summed E-state index contributed by atoms with van der Waals surface area (Å²) >= 11 is 1.73. The van der Waals surface area contributed by atoms with E-state index in [1.54, 1.807) is 23.7 Å². The van der Waals surface area contributed by atoms with Crippen LogP contribution in [0.2, 0.25) is 0 Å². The lowest BCUT2D eigenvalue weighted by atomic mass is 10.1. The normalized spacial score (nSPS) is 16.1. The molecule has 0 unspecified atom stereocenters. The van der Waals surface area contributed by atoms with E-state index < -0.39 is 0 Å². The van der Waals surface area contributed by atoms with E-state index in [9.17, 15) is 4.79 Å². The molecule has 1 N–H and O–H groups in total. The van der Waals surface area contributed by atoms with Crippen molar-refractivity contribution in [2.24, 2.45) is 0 Å². The predicted molar refractivity (Wildman–Crippen MR) is 96.6 cm³/mol. The summed E-state index contributed by atoms with van der Waals surface area (Å²) in [6.45, 7) is 9.21. The van der Waals surface area contributed by atoms with Crippen LogP contribution < -0.4 is 10.2 Å². The van der Waals surface area contributed by atoms with Gasteiger partial charge in [-0.05, 0) is 38.5 Å². The van der Waals surface area contributed by atoms with Crippen molar-refractivity contribution >= 4 is 22.5 Å². The van der Waals surface area contributed by atoms with Crippen molar-refractivity contribution < 1.29 is 4.79 Å². The minimum atomic E-state index is -0.0252. The lowest BCUT2D eigenvalue weighted by Crippen LogP contribution is -2.52. The molecule has 0 spiro atoms. The third-order valence-corrected chi connectivity index (χ3v) is 5.53. The fourth-order valence-corrected chi connectivity index (χ4v) is 3.67. The van der Waals surface area contributed by atoms with E-state index in [2.05, 4.69) is 27.1 Å². The Bertz CT molecular complexity index is 675. The number of aromatic nitrogens is 2. The van der Waals surface area contributed by atoms with Crippen molar-refractivity contribution in [3.05, 3.63) is 40.7 Å². The third-order valence-electron chi connectivity index (χ3n) is 4.40. The molecule has 0 aliphatic carbocycles. The Balaban J connectivity index is 1.53. The molecule has 128 valence electrons. The highest BCUT2D eigenvalue weighted by Crippen LogP contribution is 2.26. The summed E-state index contributed by atoms with van der Waals surface area (Å²) < 4.78 is 0. The number of nitrogens with zero attached hydrogens (tertiary/aromatic N) is 4. The van der Waals surface area contributed by atoms with Crippen LogP contribution in [0.5, 0.6) is 0 Å². The molecular weight excluding hydrogens is 322 g/mol. The maximum Gasteiger partial charge on any atom is 0.317 e. The summed E-state index contributed by atoms with van der Waals surface area (Å²) in [4.78, 5) is 26.5. The second-order valence-corrected chi connectivity index (χ2v) is 7.25. The number of urea groups is 1. The number of rotatable bonds is 3. The van der Waals surface area contributed by atoms with Crippen LogP contribution in [0.1, 0.15) is 29.1 Å². The Kier molecular flexibility index (Phi) is 4.99. The molecule has 3 heterocycles. The number of nitrogens with one attached hydrogen (secondary N) is 1. The van der Waals surface area contributed by atoms with E-state index in [-0.39, 0.29) is 12.1 Å². The van der Waals surface area contributed by atoms with E-state index in [0.29, 0.717) is 13.1 Å². The SMILES string of the molecule is Cc1nc(N2CCN(C(=O)N[C@H](C)c3ccncc3)CC2)sc1C. The fraction of sp³-hybridized carbons (Fsp3) is 0.471. The van der Waals surface area contributed by atoms with Gasteiger partial charge in [-0.25, -0.2) is 9.78 Å². The van der Waals surface area contributed by atoms with Crippen molar-refractivity contribution in [2.45, 2.75) is 26.8 Å². The second kappa shape index (κ2) is 7.17. The Morgan fingerprint density at radius 1 is 1.21 bits per heavy atom. The van der Waals surface area contributed by atoms with Crippen LogP contribution in [0, 0.1) is 13.8 Å². The molecule has 1 aliphatic heterocycles. The van der Waals surface area contributed by atoms with Crippen molar-refractivity contribution in [1.82, 2.24) is 20.2 Å². The average molecular weight is 345 g/mol. The molecule has 24 heavy (non-hydrogen) atoms. The van der Waals surface area contributed by atoms with E-state index in [1.807, 2.05) is 30.9 Å². The van der Waals surface area contributed by atoms with Gasteiger partial charge in [0.1, 0.15) is 0 Å². The second-order valence-electron chi connectivity index (χ2n) is 6.06. The quantitative estimate of drug-likeness (QED) is 0.929. The number of anilines is 1. The van der Waals surface area contributed by atoms with Gasteiger partial charge in [0, 0.05) is 43.4 Å². The molecule has 0 saturated carbocycles. The van der Waals surface area contributed by atoms with Gasteiger partial charge in [0.15, 0.2) is 5.13 Å². The Morgan fingerprint density at radius 2 is 1.88 bits per heavy atom. The molecule has 2 amide bonds. The van der Waals surface area contributed by atoms with Gasteiger partial charge in [0.2, 0.25) is 0 Å².